The van der Waals surface area contributed by atoms with Crippen LogP contribution >= 0.6 is 11.6 Å². The molecule has 0 saturated carbocycles. The number of hydrogen-bond donors (Lipinski definition) is 1. The second-order valence-corrected chi connectivity index (χ2v) is 7.23. The molecule has 6 heteroatoms. The van der Waals surface area contributed by atoms with Gasteiger partial charge in [-0.15, -0.1) is 0 Å². The number of rotatable bonds is 5. The van der Waals surface area contributed by atoms with E-state index < -0.39 is 0 Å². The van der Waals surface area contributed by atoms with Gasteiger partial charge >= 0.3 is 0 Å². The van der Waals surface area contributed by atoms with Gasteiger partial charge in [0.25, 0.3) is 0 Å². The third kappa shape index (κ3) is 4.54. The van der Waals surface area contributed by atoms with Gasteiger partial charge in [0.1, 0.15) is 5.75 Å². The monoisotopic (exact) mass is 387 g/mol. The maximum atomic E-state index is 12.8. The predicted molar refractivity (Wildman–Crippen MR) is 111 cm³/mol. The van der Waals surface area contributed by atoms with E-state index in [1.165, 1.54) is 5.69 Å². The number of carbonyl (C=O) groups excluding carboxylic acids is 1. The second-order valence-electron chi connectivity index (χ2n) is 6.83. The number of piperazine rings is 1. The Morgan fingerprint density at radius 2 is 1.81 bits per heavy atom. The summed E-state index contributed by atoms with van der Waals surface area (Å²) in [4.78, 5) is 17.3. The summed E-state index contributed by atoms with van der Waals surface area (Å²) in [5.41, 5.74) is 2.78. The van der Waals surface area contributed by atoms with E-state index in [0.717, 1.165) is 31.7 Å². The van der Waals surface area contributed by atoms with Crippen molar-refractivity contribution in [2.24, 2.45) is 0 Å². The van der Waals surface area contributed by atoms with Crippen LogP contribution in [0.25, 0.3) is 0 Å². The maximum absolute atomic E-state index is 12.8. The summed E-state index contributed by atoms with van der Waals surface area (Å²) in [6.45, 7) is 7.36. The quantitative estimate of drug-likeness (QED) is 0.847. The summed E-state index contributed by atoms with van der Waals surface area (Å²) < 4.78 is 5.35. The number of halogens is 1. The molecular formula is C21H26ClN3O2. The summed E-state index contributed by atoms with van der Waals surface area (Å²) in [7, 11) is 1.57. The number of para-hydroxylation sites is 1. The standard InChI is InChI=1S/C21H26ClN3O2/c1-15-13-19(20(27-3)14-18(15)22)23-21(26)16(2)24-9-11-25(12-10-24)17-7-5-4-6-8-17/h4-8,13-14,16H,9-12H2,1-3H3,(H,23,26)/t16-/m1/s1. The summed E-state index contributed by atoms with van der Waals surface area (Å²) in [5, 5.41) is 3.61. The molecule has 2 aromatic carbocycles. The molecule has 0 aromatic heterocycles. The number of hydrogen-bond acceptors (Lipinski definition) is 4. The summed E-state index contributed by atoms with van der Waals surface area (Å²) in [5.74, 6) is 0.531. The molecule has 3 rings (SSSR count). The number of aryl methyl sites for hydroxylation is 1. The number of amides is 1. The van der Waals surface area contributed by atoms with Crippen molar-refractivity contribution in [2.45, 2.75) is 19.9 Å². The molecule has 1 amide bonds. The van der Waals surface area contributed by atoms with Crippen LogP contribution < -0.4 is 15.0 Å². The van der Waals surface area contributed by atoms with Crippen LogP contribution in [0, 0.1) is 6.92 Å². The van der Waals surface area contributed by atoms with Gasteiger partial charge in [-0.1, -0.05) is 29.8 Å². The molecule has 1 aliphatic heterocycles. The Morgan fingerprint density at radius 3 is 2.44 bits per heavy atom. The highest BCUT2D eigenvalue weighted by molar-refractivity contribution is 6.31. The molecule has 1 saturated heterocycles. The molecular weight excluding hydrogens is 362 g/mol. The van der Waals surface area contributed by atoms with Crippen LogP contribution in [0.2, 0.25) is 5.02 Å². The predicted octanol–water partition coefficient (Wildman–Crippen LogP) is 3.81. The van der Waals surface area contributed by atoms with E-state index in [1.54, 1.807) is 13.2 Å². The Labute approximate surface area is 165 Å². The average Bonchev–Trinajstić information content (AvgIpc) is 2.70. The Morgan fingerprint density at radius 1 is 1.15 bits per heavy atom. The van der Waals surface area contributed by atoms with Crippen molar-refractivity contribution in [3.63, 3.8) is 0 Å². The topological polar surface area (TPSA) is 44.8 Å². The largest absolute Gasteiger partial charge is 0.495 e. The van der Waals surface area contributed by atoms with Crippen LogP contribution in [0.4, 0.5) is 11.4 Å². The second kappa shape index (κ2) is 8.63. The lowest BCUT2D eigenvalue weighted by Gasteiger charge is -2.38. The first kappa shape index (κ1) is 19.5. The maximum Gasteiger partial charge on any atom is 0.241 e. The van der Waals surface area contributed by atoms with Gasteiger partial charge in [-0.3, -0.25) is 9.69 Å². The van der Waals surface area contributed by atoms with Gasteiger partial charge in [0.15, 0.2) is 0 Å². The normalized spacial score (nSPS) is 16.1. The van der Waals surface area contributed by atoms with E-state index in [4.69, 9.17) is 16.3 Å². The van der Waals surface area contributed by atoms with Gasteiger partial charge in [-0.05, 0) is 37.6 Å². The minimum atomic E-state index is -0.219. The van der Waals surface area contributed by atoms with Crippen molar-refractivity contribution in [1.82, 2.24) is 4.90 Å². The molecule has 1 heterocycles. The third-order valence-electron chi connectivity index (χ3n) is 5.10. The molecule has 1 fully saturated rings. The fourth-order valence-electron chi connectivity index (χ4n) is 3.34. The highest BCUT2D eigenvalue weighted by Gasteiger charge is 2.26. The fourth-order valence-corrected chi connectivity index (χ4v) is 3.49. The van der Waals surface area contributed by atoms with Gasteiger partial charge in [-0.2, -0.15) is 0 Å². The van der Waals surface area contributed by atoms with E-state index in [2.05, 4.69) is 39.4 Å². The van der Waals surface area contributed by atoms with Crippen LogP contribution in [-0.2, 0) is 4.79 Å². The molecule has 144 valence electrons. The number of methoxy groups -OCH3 is 1. The zero-order valence-electron chi connectivity index (χ0n) is 16.0. The van der Waals surface area contributed by atoms with Gasteiger partial charge < -0.3 is 15.0 Å². The van der Waals surface area contributed by atoms with E-state index in [0.29, 0.717) is 16.5 Å². The van der Waals surface area contributed by atoms with Crippen molar-refractivity contribution in [2.75, 3.05) is 43.5 Å². The van der Waals surface area contributed by atoms with Gasteiger partial charge in [0, 0.05) is 43.0 Å². The first-order chi connectivity index (χ1) is 13.0. The van der Waals surface area contributed by atoms with E-state index in [1.807, 2.05) is 26.0 Å². The summed E-state index contributed by atoms with van der Waals surface area (Å²) in [6, 6.07) is 13.7. The van der Waals surface area contributed by atoms with Crippen LogP contribution in [0.5, 0.6) is 5.75 Å². The third-order valence-corrected chi connectivity index (χ3v) is 5.51. The van der Waals surface area contributed by atoms with E-state index in [-0.39, 0.29) is 11.9 Å². The smallest absolute Gasteiger partial charge is 0.241 e. The van der Waals surface area contributed by atoms with E-state index in [9.17, 15) is 4.79 Å². The molecule has 1 N–H and O–H groups in total. The number of benzene rings is 2. The molecule has 5 nitrogen and oxygen atoms in total. The number of carbonyl (C=O) groups is 1. The SMILES string of the molecule is COc1cc(Cl)c(C)cc1NC(=O)[C@@H](C)N1CCN(c2ccccc2)CC1. The van der Waals surface area contributed by atoms with Crippen LogP contribution in [0.3, 0.4) is 0 Å². The lowest BCUT2D eigenvalue weighted by atomic mass is 10.1. The Balaban J connectivity index is 1.61. The molecule has 1 aliphatic rings. The minimum absolute atomic E-state index is 0.0387. The number of anilines is 2. The number of nitrogens with zero attached hydrogens (tertiary/aromatic N) is 2. The zero-order valence-corrected chi connectivity index (χ0v) is 16.8. The summed E-state index contributed by atoms with van der Waals surface area (Å²) >= 11 is 6.14. The minimum Gasteiger partial charge on any atom is -0.495 e. The number of nitrogens with one attached hydrogen (secondary N) is 1. The average molecular weight is 388 g/mol. The van der Waals surface area contributed by atoms with Crippen LogP contribution in [0.1, 0.15) is 12.5 Å². The molecule has 0 aliphatic carbocycles. The van der Waals surface area contributed by atoms with Crippen molar-refractivity contribution in [1.29, 1.82) is 0 Å². The number of ether oxygens (including phenoxy) is 1. The van der Waals surface area contributed by atoms with Gasteiger partial charge in [0.2, 0.25) is 5.91 Å². The Kier molecular flexibility index (Phi) is 6.24. The van der Waals surface area contributed by atoms with Gasteiger partial charge in [-0.25, -0.2) is 0 Å². The molecule has 0 radical (unpaired) electrons. The van der Waals surface area contributed by atoms with Crippen molar-refractivity contribution >= 4 is 28.9 Å². The van der Waals surface area contributed by atoms with Crippen LogP contribution in [-0.4, -0.2) is 50.1 Å². The van der Waals surface area contributed by atoms with Crippen LogP contribution in [0.15, 0.2) is 42.5 Å². The summed E-state index contributed by atoms with van der Waals surface area (Å²) in [6.07, 6.45) is 0. The lowest BCUT2D eigenvalue weighted by molar-refractivity contribution is -0.120. The molecule has 2 aromatic rings. The van der Waals surface area contributed by atoms with Crippen molar-refractivity contribution in [3.8, 4) is 5.75 Å². The highest BCUT2D eigenvalue weighted by Crippen LogP contribution is 2.31. The first-order valence-electron chi connectivity index (χ1n) is 9.18. The zero-order chi connectivity index (χ0) is 19.4. The fraction of sp³-hybridized carbons (Fsp3) is 0.381. The van der Waals surface area contributed by atoms with E-state index >= 15 is 0 Å². The Hall–Kier alpha value is -2.24. The molecule has 27 heavy (non-hydrogen) atoms. The first-order valence-corrected chi connectivity index (χ1v) is 9.56. The molecule has 1 atom stereocenters. The van der Waals surface area contributed by atoms with Crippen molar-refractivity contribution in [3.05, 3.63) is 53.1 Å². The Bertz CT molecular complexity index is 790. The molecule has 0 bridgehead atoms. The molecule has 0 unspecified atom stereocenters. The molecule has 0 spiro atoms. The van der Waals surface area contributed by atoms with Crippen molar-refractivity contribution < 1.29 is 9.53 Å². The highest BCUT2D eigenvalue weighted by atomic mass is 35.5. The van der Waals surface area contributed by atoms with Gasteiger partial charge in [0.05, 0.1) is 18.8 Å². The lowest BCUT2D eigenvalue weighted by Crippen LogP contribution is -2.52.